The summed E-state index contributed by atoms with van der Waals surface area (Å²) in [5.74, 6) is 0.772. The van der Waals surface area contributed by atoms with Gasteiger partial charge in [-0.25, -0.2) is 9.47 Å². The van der Waals surface area contributed by atoms with Crippen LogP contribution in [0.1, 0.15) is 22.7 Å². The Morgan fingerprint density at radius 1 is 0.800 bits per heavy atom. The largest absolute Gasteiger partial charge is 0.397 e. The van der Waals surface area contributed by atoms with Crippen molar-refractivity contribution in [1.29, 1.82) is 0 Å². The molecule has 2 unspecified atom stereocenters. The molecule has 1 aromatic heterocycles. The van der Waals surface area contributed by atoms with E-state index in [-0.39, 0.29) is 6.04 Å². The monoisotopic (exact) mass is 394 g/mol. The summed E-state index contributed by atoms with van der Waals surface area (Å²) in [7, 11) is 0. The third kappa shape index (κ3) is 3.25. The zero-order valence-corrected chi connectivity index (χ0v) is 16.7. The second-order valence-electron chi connectivity index (χ2n) is 7.75. The van der Waals surface area contributed by atoms with Crippen LogP contribution in [0.3, 0.4) is 0 Å². The lowest BCUT2D eigenvalue weighted by molar-refractivity contribution is -0.702. The fourth-order valence-electron chi connectivity index (χ4n) is 4.45. The summed E-state index contributed by atoms with van der Waals surface area (Å²) in [5.41, 5.74) is 2.12. The first-order valence-electron chi connectivity index (χ1n) is 10.2. The molecule has 1 N–H and O–H groups in total. The van der Waals surface area contributed by atoms with Gasteiger partial charge in [-0.2, -0.15) is 0 Å². The lowest BCUT2D eigenvalue weighted by atomic mass is 9.89. The van der Waals surface area contributed by atoms with Crippen LogP contribution in [0, 0.1) is 0 Å². The van der Waals surface area contributed by atoms with E-state index < -0.39 is 5.72 Å². The third-order valence-corrected chi connectivity index (χ3v) is 5.78. The molecule has 0 saturated carbocycles. The first-order chi connectivity index (χ1) is 14.8. The van der Waals surface area contributed by atoms with Crippen molar-refractivity contribution in [3.05, 3.63) is 126 Å². The zero-order chi connectivity index (χ0) is 20.4. The van der Waals surface area contributed by atoms with Crippen LogP contribution >= 0.6 is 0 Å². The van der Waals surface area contributed by atoms with Gasteiger partial charge in [0.1, 0.15) is 6.20 Å². The highest BCUT2D eigenvalue weighted by molar-refractivity contribution is 5.40. The highest BCUT2D eigenvalue weighted by atomic mass is 16.3. The molecule has 30 heavy (non-hydrogen) atoms. The molecule has 0 radical (unpaired) electrons. The first-order valence-corrected chi connectivity index (χ1v) is 10.2. The van der Waals surface area contributed by atoms with E-state index in [0.29, 0.717) is 13.0 Å². The number of fused-ring (bicyclic) bond motifs is 1. The zero-order valence-electron chi connectivity index (χ0n) is 16.7. The molecular formula is C26H24N3O+. The van der Waals surface area contributed by atoms with E-state index in [4.69, 9.17) is 0 Å². The summed E-state index contributed by atoms with van der Waals surface area (Å²) < 4.78 is 2.10. The lowest BCUT2D eigenvalue weighted by Crippen LogP contribution is -2.54. The summed E-state index contributed by atoms with van der Waals surface area (Å²) in [4.78, 5) is 6.73. The van der Waals surface area contributed by atoms with E-state index >= 15 is 0 Å². The van der Waals surface area contributed by atoms with E-state index in [1.165, 1.54) is 0 Å². The molecule has 2 heterocycles. The van der Waals surface area contributed by atoms with Crippen molar-refractivity contribution in [3.8, 4) is 0 Å². The summed E-state index contributed by atoms with van der Waals surface area (Å²) in [5, 5.41) is 12.4. The number of nitrogens with zero attached hydrogens (tertiary/aromatic N) is 3. The van der Waals surface area contributed by atoms with E-state index in [2.05, 4.69) is 45.9 Å². The van der Waals surface area contributed by atoms with Crippen LogP contribution in [0.15, 0.2) is 109 Å². The van der Waals surface area contributed by atoms with Gasteiger partial charge >= 0.3 is 5.95 Å². The van der Waals surface area contributed by atoms with Gasteiger partial charge in [0.15, 0.2) is 6.04 Å². The molecule has 1 aliphatic heterocycles. The van der Waals surface area contributed by atoms with Gasteiger partial charge in [-0.3, -0.25) is 0 Å². The molecule has 1 aliphatic rings. The highest BCUT2D eigenvalue weighted by Crippen LogP contribution is 2.40. The number of anilines is 1. The summed E-state index contributed by atoms with van der Waals surface area (Å²) in [6.45, 7) is 0.574. The van der Waals surface area contributed by atoms with Crippen LogP contribution in [0.25, 0.3) is 0 Å². The molecule has 4 heteroatoms. The fourth-order valence-corrected chi connectivity index (χ4v) is 4.45. The standard InChI is InChI=1S/C26H24N3O/c30-26(19-21-11-4-1-5-12-21)24(23-15-8-3-9-16-23)28-18-10-17-27-25(28)29(26)20-22-13-6-2-7-14-22/h1-18,24,30H,19-20H2/q+1. The Bertz CT molecular complexity index is 1120. The van der Waals surface area contributed by atoms with Crippen molar-refractivity contribution in [2.75, 3.05) is 4.90 Å². The van der Waals surface area contributed by atoms with Gasteiger partial charge in [0.2, 0.25) is 5.72 Å². The average Bonchev–Trinajstić information content (AvgIpc) is 3.03. The quantitative estimate of drug-likeness (QED) is 0.522. The minimum Gasteiger partial charge on any atom is -0.356 e. The van der Waals surface area contributed by atoms with Crippen LogP contribution in [0.2, 0.25) is 0 Å². The third-order valence-electron chi connectivity index (χ3n) is 5.78. The Morgan fingerprint density at radius 2 is 1.40 bits per heavy atom. The summed E-state index contributed by atoms with van der Waals surface area (Å²) in [6.07, 6.45) is 4.30. The minimum absolute atomic E-state index is 0.272. The van der Waals surface area contributed by atoms with E-state index in [1.807, 2.05) is 71.8 Å². The van der Waals surface area contributed by atoms with E-state index in [0.717, 1.165) is 22.6 Å². The van der Waals surface area contributed by atoms with Gasteiger partial charge in [-0.15, -0.1) is 0 Å². The van der Waals surface area contributed by atoms with Crippen molar-refractivity contribution in [2.45, 2.75) is 24.7 Å². The molecular weight excluding hydrogens is 370 g/mol. The number of hydrogen-bond acceptors (Lipinski definition) is 3. The van der Waals surface area contributed by atoms with Crippen LogP contribution < -0.4 is 9.47 Å². The van der Waals surface area contributed by atoms with Gasteiger partial charge in [0.25, 0.3) is 0 Å². The SMILES string of the molecule is OC1(Cc2ccccc2)C(c2ccccc2)[n+]2cccnc2N1Cc1ccccc1. The Kier molecular flexibility index (Phi) is 4.77. The Balaban J connectivity index is 1.66. The molecule has 0 aliphatic carbocycles. The van der Waals surface area contributed by atoms with E-state index in [1.54, 1.807) is 6.20 Å². The van der Waals surface area contributed by atoms with Gasteiger partial charge in [0.05, 0.1) is 12.7 Å². The van der Waals surface area contributed by atoms with Crippen molar-refractivity contribution >= 4 is 5.95 Å². The van der Waals surface area contributed by atoms with Crippen molar-refractivity contribution in [2.24, 2.45) is 0 Å². The van der Waals surface area contributed by atoms with Crippen LogP contribution in [0.5, 0.6) is 0 Å². The topological polar surface area (TPSA) is 40.2 Å². The van der Waals surface area contributed by atoms with Gasteiger partial charge in [-0.1, -0.05) is 96.0 Å². The molecule has 0 bridgehead atoms. The Morgan fingerprint density at radius 3 is 2.07 bits per heavy atom. The number of benzene rings is 3. The fraction of sp³-hybridized carbons (Fsp3) is 0.154. The van der Waals surface area contributed by atoms with Crippen LogP contribution in [-0.4, -0.2) is 15.8 Å². The van der Waals surface area contributed by atoms with Gasteiger partial charge in [0, 0.05) is 12.5 Å². The second kappa shape index (κ2) is 7.73. The molecule has 0 saturated heterocycles. The van der Waals surface area contributed by atoms with E-state index in [9.17, 15) is 5.11 Å². The minimum atomic E-state index is -1.17. The molecule has 5 rings (SSSR count). The second-order valence-corrected chi connectivity index (χ2v) is 7.75. The number of hydrogen-bond donors (Lipinski definition) is 1. The molecule has 4 nitrogen and oxygen atoms in total. The Hall–Kier alpha value is -3.50. The molecule has 148 valence electrons. The molecule has 4 aromatic rings. The summed E-state index contributed by atoms with van der Waals surface area (Å²) >= 11 is 0. The maximum Gasteiger partial charge on any atom is 0.397 e. The summed E-state index contributed by atoms with van der Waals surface area (Å²) in [6, 6.07) is 32.3. The predicted molar refractivity (Wildman–Crippen MR) is 117 cm³/mol. The Labute approximate surface area is 176 Å². The molecule has 2 atom stereocenters. The van der Waals surface area contributed by atoms with Crippen molar-refractivity contribution in [1.82, 2.24) is 4.98 Å². The van der Waals surface area contributed by atoms with Crippen LogP contribution in [0.4, 0.5) is 5.95 Å². The smallest absolute Gasteiger partial charge is 0.356 e. The molecule has 0 spiro atoms. The number of rotatable bonds is 5. The predicted octanol–water partition coefficient (Wildman–Crippen LogP) is 3.91. The van der Waals surface area contributed by atoms with Gasteiger partial charge in [-0.05, 0) is 16.7 Å². The van der Waals surface area contributed by atoms with Crippen molar-refractivity contribution < 1.29 is 9.67 Å². The molecule has 3 aromatic carbocycles. The molecule has 0 amide bonds. The number of aromatic nitrogens is 2. The average molecular weight is 394 g/mol. The van der Waals surface area contributed by atoms with Gasteiger partial charge < -0.3 is 5.11 Å². The first kappa shape index (κ1) is 18.5. The maximum absolute atomic E-state index is 12.4. The highest BCUT2D eigenvalue weighted by Gasteiger charge is 2.58. The van der Waals surface area contributed by atoms with Crippen molar-refractivity contribution in [3.63, 3.8) is 0 Å². The normalized spacial score (nSPS) is 20.2. The van der Waals surface area contributed by atoms with Crippen LogP contribution in [-0.2, 0) is 13.0 Å². The number of aliphatic hydroxyl groups is 1. The molecule has 0 fully saturated rings. The maximum atomic E-state index is 12.4. The lowest BCUT2D eigenvalue weighted by Gasteiger charge is -2.33.